The summed E-state index contributed by atoms with van der Waals surface area (Å²) in [5, 5.41) is 18.3. The molecule has 3 rings (SSSR count). The summed E-state index contributed by atoms with van der Waals surface area (Å²) in [7, 11) is -1.37. The van der Waals surface area contributed by atoms with Crippen LogP contribution in [0.4, 0.5) is 0 Å². The minimum Gasteiger partial charge on any atom is -0.423 e. The zero-order valence-corrected chi connectivity index (χ0v) is 10.1. The first-order valence-electron chi connectivity index (χ1n) is 6.30. The van der Waals surface area contributed by atoms with Gasteiger partial charge in [0.1, 0.15) is 0 Å². The normalized spacial score (nSPS) is 26.1. The van der Waals surface area contributed by atoms with E-state index in [1.54, 1.807) is 0 Å². The smallest absolute Gasteiger partial charge is 0.423 e. The van der Waals surface area contributed by atoms with Gasteiger partial charge in [0.25, 0.3) is 0 Å². The van der Waals surface area contributed by atoms with Crippen LogP contribution in [0.1, 0.15) is 35.2 Å². The van der Waals surface area contributed by atoms with E-state index in [4.69, 9.17) is 10.0 Å². The molecule has 1 aromatic rings. The van der Waals surface area contributed by atoms with E-state index in [1.807, 2.05) is 30.3 Å². The molecule has 0 aromatic heterocycles. The van der Waals surface area contributed by atoms with Gasteiger partial charge in [0.2, 0.25) is 0 Å². The summed E-state index contributed by atoms with van der Waals surface area (Å²) in [5.74, 6) is 0.223. The number of benzene rings is 1. The van der Waals surface area contributed by atoms with Crippen LogP contribution < -0.4 is 0 Å². The molecule has 0 radical (unpaired) electrons. The number of fused-ring (bicyclic) bond motifs is 1. The Morgan fingerprint density at radius 3 is 2.61 bits per heavy atom. The SMILES string of the molecule is O=C1c2ccccc2CC12CC=C(B(O)O)CC2. The quantitative estimate of drug-likeness (QED) is 0.734. The highest BCUT2D eigenvalue weighted by Gasteiger charge is 2.46. The van der Waals surface area contributed by atoms with Crippen molar-refractivity contribution in [3.8, 4) is 0 Å². The molecule has 2 aliphatic carbocycles. The van der Waals surface area contributed by atoms with Crippen molar-refractivity contribution in [3.05, 3.63) is 46.9 Å². The van der Waals surface area contributed by atoms with Crippen LogP contribution in [0.5, 0.6) is 0 Å². The number of allylic oxidation sites excluding steroid dienone is 2. The largest absolute Gasteiger partial charge is 0.483 e. The first kappa shape index (κ1) is 11.7. The van der Waals surface area contributed by atoms with Gasteiger partial charge < -0.3 is 10.0 Å². The molecule has 1 unspecified atom stereocenters. The third-order valence-corrected chi connectivity index (χ3v) is 4.25. The summed E-state index contributed by atoms with van der Waals surface area (Å²) in [6.45, 7) is 0. The predicted molar refractivity (Wildman–Crippen MR) is 69.0 cm³/mol. The molecule has 0 saturated heterocycles. The van der Waals surface area contributed by atoms with Crippen molar-refractivity contribution in [3.63, 3.8) is 0 Å². The fourth-order valence-electron chi connectivity index (χ4n) is 3.14. The number of hydrogen-bond acceptors (Lipinski definition) is 3. The van der Waals surface area contributed by atoms with Crippen LogP contribution in [-0.2, 0) is 6.42 Å². The van der Waals surface area contributed by atoms with Gasteiger partial charge in [0.15, 0.2) is 5.78 Å². The molecule has 2 N–H and O–H groups in total. The van der Waals surface area contributed by atoms with Crippen molar-refractivity contribution in [2.24, 2.45) is 5.41 Å². The van der Waals surface area contributed by atoms with Gasteiger partial charge in [-0.25, -0.2) is 0 Å². The van der Waals surface area contributed by atoms with E-state index in [0.717, 1.165) is 17.5 Å². The summed E-state index contributed by atoms with van der Waals surface area (Å²) in [6.07, 6.45) is 4.54. The topological polar surface area (TPSA) is 57.5 Å². The number of ketones is 1. The van der Waals surface area contributed by atoms with E-state index in [-0.39, 0.29) is 11.2 Å². The Labute approximate surface area is 106 Å². The summed E-state index contributed by atoms with van der Waals surface area (Å²) in [5.41, 5.74) is 2.29. The number of Topliss-reactive ketones (excluding diaryl/α,β-unsaturated/α-hetero) is 1. The maximum atomic E-state index is 12.5. The Bertz CT molecular complexity index is 536. The minimum atomic E-state index is -1.37. The second-order valence-corrected chi connectivity index (χ2v) is 5.30. The van der Waals surface area contributed by atoms with Gasteiger partial charge in [-0.15, -0.1) is 0 Å². The van der Waals surface area contributed by atoms with Gasteiger partial charge in [-0.1, -0.05) is 30.3 Å². The molecule has 0 saturated carbocycles. The van der Waals surface area contributed by atoms with Crippen LogP contribution in [0.25, 0.3) is 0 Å². The number of carbonyl (C=O) groups excluding carboxylic acids is 1. The molecular formula is C14H15BO3. The van der Waals surface area contributed by atoms with Gasteiger partial charge in [-0.05, 0) is 36.7 Å². The Hall–Kier alpha value is -1.39. The molecule has 1 aromatic carbocycles. The summed E-state index contributed by atoms with van der Waals surface area (Å²) < 4.78 is 0. The van der Waals surface area contributed by atoms with Crippen molar-refractivity contribution < 1.29 is 14.8 Å². The molecule has 0 fully saturated rings. The van der Waals surface area contributed by atoms with Gasteiger partial charge in [0.05, 0.1) is 0 Å². The van der Waals surface area contributed by atoms with E-state index >= 15 is 0 Å². The van der Waals surface area contributed by atoms with Gasteiger partial charge in [-0.3, -0.25) is 4.79 Å². The third-order valence-electron chi connectivity index (χ3n) is 4.25. The highest BCUT2D eigenvalue weighted by Crippen LogP contribution is 2.46. The Kier molecular flexibility index (Phi) is 2.65. The van der Waals surface area contributed by atoms with Gasteiger partial charge >= 0.3 is 7.12 Å². The van der Waals surface area contributed by atoms with Crippen molar-refractivity contribution >= 4 is 12.9 Å². The van der Waals surface area contributed by atoms with Crippen molar-refractivity contribution in [2.75, 3.05) is 0 Å². The van der Waals surface area contributed by atoms with Crippen molar-refractivity contribution in [2.45, 2.75) is 25.7 Å². The van der Waals surface area contributed by atoms with Crippen LogP contribution in [0.15, 0.2) is 35.8 Å². The maximum Gasteiger partial charge on any atom is 0.483 e. The molecule has 0 bridgehead atoms. The lowest BCUT2D eigenvalue weighted by Crippen LogP contribution is -2.32. The standard InChI is InChI=1S/C14H15BO3/c16-13-12-4-2-1-3-10(12)9-14(13)7-5-11(6-8-14)15(17)18/h1-5,17-18H,6-9H2. The fraction of sp³-hybridized carbons (Fsp3) is 0.357. The lowest BCUT2D eigenvalue weighted by molar-refractivity contribution is 0.0800. The second kappa shape index (κ2) is 4.07. The van der Waals surface area contributed by atoms with E-state index in [2.05, 4.69) is 0 Å². The van der Waals surface area contributed by atoms with Crippen LogP contribution in [-0.4, -0.2) is 22.9 Å². The van der Waals surface area contributed by atoms with E-state index in [0.29, 0.717) is 24.7 Å². The molecule has 0 amide bonds. The molecule has 3 nitrogen and oxygen atoms in total. The van der Waals surface area contributed by atoms with E-state index in [9.17, 15) is 4.79 Å². The highest BCUT2D eigenvalue weighted by atomic mass is 16.4. The summed E-state index contributed by atoms with van der Waals surface area (Å²) in [6, 6.07) is 7.78. The van der Waals surface area contributed by atoms with Crippen LogP contribution >= 0.6 is 0 Å². The fourth-order valence-corrected chi connectivity index (χ4v) is 3.14. The highest BCUT2D eigenvalue weighted by molar-refractivity contribution is 6.50. The van der Waals surface area contributed by atoms with E-state index < -0.39 is 7.12 Å². The molecule has 0 heterocycles. The minimum absolute atomic E-state index is 0.223. The zero-order chi connectivity index (χ0) is 12.8. The van der Waals surface area contributed by atoms with Gasteiger partial charge in [-0.2, -0.15) is 0 Å². The summed E-state index contributed by atoms with van der Waals surface area (Å²) in [4.78, 5) is 12.5. The third kappa shape index (κ3) is 1.64. The maximum absolute atomic E-state index is 12.5. The Balaban J connectivity index is 1.91. The van der Waals surface area contributed by atoms with Crippen molar-refractivity contribution in [1.82, 2.24) is 0 Å². The van der Waals surface area contributed by atoms with Crippen molar-refractivity contribution in [1.29, 1.82) is 0 Å². The predicted octanol–water partition coefficient (Wildman–Crippen LogP) is 1.53. The van der Waals surface area contributed by atoms with Crippen LogP contribution in [0, 0.1) is 5.41 Å². The molecule has 1 atom stereocenters. The van der Waals surface area contributed by atoms with Crippen LogP contribution in [0.2, 0.25) is 0 Å². The van der Waals surface area contributed by atoms with Gasteiger partial charge in [0, 0.05) is 11.0 Å². The number of rotatable bonds is 1. The monoisotopic (exact) mass is 242 g/mol. The number of hydrogen-bond donors (Lipinski definition) is 2. The van der Waals surface area contributed by atoms with E-state index in [1.165, 1.54) is 0 Å². The molecule has 4 heteroatoms. The molecule has 18 heavy (non-hydrogen) atoms. The number of carbonyl (C=O) groups is 1. The lowest BCUT2D eigenvalue weighted by Gasteiger charge is -2.30. The summed E-state index contributed by atoms with van der Waals surface area (Å²) >= 11 is 0. The molecule has 92 valence electrons. The Morgan fingerprint density at radius 2 is 2.00 bits per heavy atom. The average molecular weight is 242 g/mol. The lowest BCUT2D eigenvalue weighted by atomic mass is 9.65. The molecule has 2 aliphatic rings. The zero-order valence-electron chi connectivity index (χ0n) is 10.1. The molecular weight excluding hydrogens is 227 g/mol. The molecule has 1 spiro atoms. The second-order valence-electron chi connectivity index (χ2n) is 5.30. The first-order chi connectivity index (χ1) is 8.62. The average Bonchev–Trinajstić information content (AvgIpc) is 2.64. The Morgan fingerprint density at radius 1 is 1.22 bits per heavy atom. The first-order valence-corrected chi connectivity index (χ1v) is 6.30. The van der Waals surface area contributed by atoms with Crippen LogP contribution in [0.3, 0.4) is 0 Å². The molecule has 0 aliphatic heterocycles.